The Kier molecular flexibility index (Phi) is 4.09. The zero-order chi connectivity index (χ0) is 18.0. The summed E-state index contributed by atoms with van der Waals surface area (Å²) in [6.07, 6.45) is 2.62. The smallest absolute Gasteiger partial charge is 0.350 e. The number of hydrogen-bond donors (Lipinski definition) is 1. The van der Waals surface area contributed by atoms with Crippen LogP contribution >= 0.6 is 0 Å². The van der Waals surface area contributed by atoms with E-state index in [1.54, 1.807) is 18.2 Å². The van der Waals surface area contributed by atoms with Crippen molar-refractivity contribution in [3.63, 3.8) is 0 Å². The number of nitrogens with zero attached hydrogens (tertiary/aromatic N) is 4. The molecule has 1 fully saturated rings. The predicted octanol–water partition coefficient (Wildman–Crippen LogP) is 0.803. The Hall–Kier alpha value is -3.43. The molecule has 1 aromatic heterocycles. The lowest BCUT2D eigenvalue weighted by atomic mass is 10.2. The van der Waals surface area contributed by atoms with Crippen molar-refractivity contribution in [3.05, 3.63) is 36.3 Å². The summed E-state index contributed by atoms with van der Waals surface area (Å²) >= 11 is 0. The molecule has 10 nitrogen and oxygen atoms in total. The van der Waals surface area contributed by atoms with E-state index >= 15 is 0 Å². The zero-order valence-corrected chi connectivity index (χ0v) is 13.7. The Morgan fingerprint density at radius 2 is 1.96 bits per heavy atom. The number of ether oxygens (including phenoxy) is 3. The van der Waals surface area contributed by atoms with Gasteiger partial charge in [0.15, 0.2) is 5.57 Å². The summed E-state index contributed by atoms with van der Waals surface area (Å²) < 4.78 is 16.7. The van der Waals surface area contributed by atoms with Crippen LogP contribution in [0.15, 0.2) is 36.3 Å². The fourth-order valence-electron chi connectivity index (χ4n) is 2.16. The molecule has 0 amide bonds. The highest BCUT2D eigenvalue weighted by atomic mass is 16.7. The van der Waals surface area contributed by atoms with Crippen LogP contribution in [0.25, 0.3) is 5.69 Å². The van der Waals surface area contributed by atoms with Crippen LogP contribution in [0.5, 0.6) is 5.75 Å². The topological polar surface area (TPSA) is 117 Å². The first-order valence-electron chi connectivity index (χ1n) is 7.24. The molecular formula is C15H15N5O5. The van der Waals surface area contributed by atoms with E-state index in [0.29, 0.717) is 17.1 Å². The summed E-state index contributed by atoms with van der Waals surface area (Å²) in [6.45, 7) is 2.95. The van der Waals surface area contributed by atoms with Crippen LogP contribution in [-0.4, -0.2) is 45.0 Å². The van der Waals surface area contributed by atoms with E-state index in [9.17, 15) is 9.59 Å². The summed E-state index contributed by atoms with van der Waals surface area (Å²) in [6, 6.07) is 5.11. The predicted molar refractivity (Wildman–Crippen MR) is 83.7 cm³/mol. The Morgan fingerprint density at radius 1 is 1.24 bits per heavy atom. The van der Waals surface area contributed by atoms with Crippen LogP contribution in [0.3, 0.4) is 0 Å². The van der Waals surface area contributed by atoms with Crippen LogP contribution in [0, 0.1) is 0 Å². The van der Waals surface area contributed by atoms with Crippen molar-refractivity contribution < 1.29 is 23.8 Å². The number of tetrazole rings is 1. The number of methoxy groups -OCH3 is 1. The fourth-order valence-corrected chi connectivity index (χ4v) is 2.16. The second-order valence-electron chi connectivity index (χ2n) is 5.52. The number of carbonyl (C=O) groups is 2. The molecule has 0 atom stereocenters. The third-order valence-electron chi connectivity index (χ3n) is 3.29. The van der Waals surface area contributed by atoms with Gasteiger partial charge in [-0.15, -0.1) is 5.10 Å². The van der Waals surface area contributed by atoms with E-state index in [4.69, 9.17) is 14.2 Å². The zero-order valence-electron chi connectivity index (χ0n) is 13.7. The number of aromatic nitrogens is 4. The lowest BCUT2D eigenvalue weighted by Crippen LogP contribution is -2.42. The van der Waals surface area contributed by atoms with Gasteiger partial charge in [0.2, 0.25) is 0 Å². The first-order chi connectivity index (χ1) is 11.9. The van der Waals surface area contributed by atoms with Gasteiger partial charge in [-0.2, -0.15) is 4.68 Å². The number of benzene rings is 1. The molecule has 2 aromatic rings. The maximum absolute atomic E-state index is 12.0. The minimum Gasteiger partial charge on any atom is -0.497 e. The van der Waals surface area contributed by atoms with Gasteiger partial charge in [-0.25, -0.2) is 9.59 Å². The quantitative estimate of drug-likeness (QED) is 0.488. The number of esters is 2. The first kappa shape index (κ1) is 16.4. The third kappa shape index (κ3) is 3.42. The second kappa shape index (κ2) is 6.23. The average molecular weight is 345 g/mol. The van der Waals surface area contributed by atoms with Gasteiger partial charge in [-0.1, -0.05) is 0 Å². The molecule has 1 N–H and O–H groups in total. The van der Waals surface area contributed by atoms with Crippen LogP contribution < -0.4 is 10.1 Å². The van der Waals surface area contributed by atoms with Crippen molar-refractivity contribution in [1.82, 2.24) is 20.2 Å². The highest BCUT2D eigenvalue weighted by Crippen LogP contribution is 2.27. The number of cyclic esters (lactones) is 2. The van der Waals surface area contributed by atoms with Gasteiger partial charge in [0, 0.05) is 26.1 Å². The number of hydrogen-bond acceptors (Lipinski definition) is 9. The van der Waals surface area contributed by atoms with E-state index in [1.165, 1.54) is 38.2 Å². The largest absolute Gasteiger partial charge is 0.497 e. The van der Waals surface area contributed by atoms with Crippen LogP contribution in [0.4, 0.5) is 5.69 Å². The molecule has 130 valence electrons. The molecule has 0 saturated carbocycles. The highest BCUT2D eigenvalue weighted by Gasteiger charge is 2.39. The molecule has 1 aliphatic rings. The van der Waals surface area contributed by atoms with Gasteiger partial charge in [0.25, 0.3) is 5.79 Å². The molecule has 1 aliphatic heterocycles. The van der Waals surface area contributed by atoms with Crippen molar-refractivity contribution in [2.75, 3.05) is 12.4 Å². The summed E-state index contributed by atoms with van der Waals surface area (Å²) in [5.74, 6) is -2.28. The molecule has 0 spiro atoms. The van der Waals surface area contributed by atoms with Crippen molar-refractivity contribution in [2.45, 2.75) is 19.6 Å². The SMILES string of the molecule is COc1ccc(-n2cnnn2)c(NC=C2C(=O)OC(C)(C)OC2=O)c1. The molecule has 1 aromatic carbocycles. The summed E-state index contributed by atoms with van der Waals surface area (Å²) in [7, 11) is 1.52. The van der Waals surface area contributed by atoms with E-state index < -0.39 is 17.7 Å². The minimum absolute atomic E-state index is 0.259. The van der Waals surface area contributed by atoms with E-state index in [-0.39, 0.29) is 5.57 Å². The fraction of sp³-hybridized carbons (Fsp3) is 0.267. The Bertz CT molecular complexity index is 822. The van der Waals surface area contributed by atoms with E-state index in [1.807, 2.05) is 0 Å². The van der Waals surface area contributed by atoms with Crippen molar-refractivity contribution in [3.8, 4) is 11.4 Å². The Labute approximate surface area is 142 Å². The molecule has 2 heterocycles. The average Bonchev–Trinajstić information content (AvgIpc) is 3.07. The summed E-state index contributed by atoms with van der Waals surface area (Å²) in [5, 5.41) is 13.9. The van der Waals surface area contributed by atoms with Gasteiger partial charge < -0.3 is 19.5 Å². The van der Waals surface area contributed by atoms with Gasteiger partial charge in [-0.05, 0) is 22.6 Å². The Morgan fingerprint density at radius 3 is 2.56 bits per heavy atom. The molecule has 1 saturated heterocycles. The monoisotopic (exact) mass is 345 g/mol. The summed E-state index contributed by atoms with van der Waals surface area (Å²) in [5.41, 5.74) is 0.829. The number of nitrogens with one attached hydrogen (secondary N) is 1. The molecule has 0 aliphatic carbocycles. The normalized spacial score (nSPS) is 16.0. The van der Waals surface area contributed by atoms with Crippen LogP contribution in [0.2, 0.25) is 0 Å². The van der Waals surface area contributed by atoms with E-state index in [2.05, 4.69) is 20.8 Å². The van der Waals surface area contributed by atoms with Gasteiger partial charge >= 0.3 is 11.9 Å². The van der Waals surface area contributed by atoms with Crippen molar-refractivity contribution in [2.24, 2.45) is 0 Å². The summed E-state index contributed by atoms with van der Waals surface area (Å²) in [4.78, 5) is 24.0. The van der Waals surface area contributed by atoms with Gasteiger partial charge in [0.05, 0.1) is 18.5 Å². The first-order valence-corrected chi connectivity index (χ1v) is 7.24. The van der Waals surface area contributed by atoms with Gasteiger partial charge in [-0.3, -0.25) is 0 Å². The molecule has 10 heteroatoms. The van der Waals surface area contributed by atoms with Crippen LogP contribution in [-0.2, 0) is 19.1 Å². The highest BCUT2D eigenvalue weighted by molar-refractivity contribution is 6.15. The number of anilines is 1. The van der Waals surface area contributed by atoms with Crippen LogP contribution in [0.1, 0.15) is 13.8 Å². The maximum Gasteiger partial charge on any atom is 0.350 e. The lowest BCUT2D eigenvalue weighted by molar-refractivity contribution is -0.222. The van der Waals surface area contributed by atoms with Crippen molar-refractivity contribution >= 4 is 17.6 Å². The Balaban J connectivity index is 1.92. The number of carbonyl (C=O) groups excluding carboxylic acids is 2. The van der Waals surface area contributed by atoms with E-state index in [0.717, 1.165) is 0 Å². The molecular weight excluding hydrogens is 330 g/mol. The lowest BCUT2D eigenvalue weighted by Gasteiger charge is -2.29. The standard InChI is InChI=1S/C15H15N5O5/c1-15(2)24-13(21)10(14(22)25-15)7-16-11-6-9(23-3)4-5-12(11)20-8-17-18-19-20/h4-8,16H,1-3H3. The molecule has 0 unspecified atom stereocenters. The van der Waals surface area contributed by atoms with Crippen molar-refractivity contribution in [1.29, 1.82) is 0 Å². The minimum atomic E-state index is -1.29. The second-order valence-corrected chi connectivity index (χ2v) is 5.52. The number of rotatable bonds is 4. The van der Waals surface area contributed by atoms with Gasteiger partial charge in [0.1, 0.15) is 12.1 Å². The third-order valence-corrected chi connectivity index (χ3v) is 3.29. The molecule has 25 heavy (non-hydrogen) atoms. The molecule has 3 rings (SSSR count). The molecule has 0 radical (unpaired) electrons. The molecule has 0 bridgehead atoms. The maximum atomic E-state index is 12.0.